The van der Waals surface area contributed by atoms with Gasteiger partial charge >= 0.3 is 0 Å². The number of benzene rings is 1. The fourth-order valence-electron chi connectivity index (χ4n) is 2.02. The van der Waals surface area contributed by atoms with Crippen LogP contribution in [0.1, 0.15) is 38.7 Å². The predicted octanol–water partition coefficient (Wildman–Crippen LogP) is 3.19. The van der Waals surface area contributed by atoms with E-state index in [4.69, 9.17) is 16.3 Å². The molecule has 0 heterocycles. The Morgan fingerprint density at radius 2 is 1.84 bits per heavy atom. The summed E-state index contributed by atoms with van der Waals surface area (Å²) in [4.78, 5) is 0. The van der Waals surface area contributed by atoms with E-state index in [0.29, 0.717) is 30.9 Å². The van der Waals surface area contributed by atoms with Crippen LogP contribution in [0.2, 0.25) is 5.02 Å². The second-order valence-corrected chi connectivity index (χ2v) is 5.08. The Morgan fingerprint density at radius 3 is 2.47 bits per heavy atom. The van der Waals surface area contributed by atoms with E-state index in [-0.39, 0.29) is 0 Å². The van der Waals surface area contributed by atoms with Crippen molar-refractivity contribution in [3.05, 3.63) is 28.8 Å². The molecule has 4 heteroatoms. The van der Waals surface area contributed by atoms with Crippen LogP contribution in [0.25, 0.3) is 0 Å². The summed E-state index contributed by atoms with van der Waals surface area (Å²) in [5, 5.41) is 20.2. The molecule has 2 unspecified atom stereocenters. The highest BCUT2D eigenvalue weighted by Gasteiger charge is 2.16. The second-order valence-electron chi connectivity index (χ2n) is 4.65. The fourth-order valence-corrected chi connectivity index (χ4v) is 2.22. The first-order chi connectivity index (χ1) is 9.08. The van der Waals surface area contributed by atoms with Crippen LogP contribution in [-0.4, -0.2) is 29.0 Å². The maximum atomic E-state index is 9.88. The lowest BCUT2D eigenvalue weighted by Gasteiger charge is -2.18. The Labute approximate surface area is 120 Å². The summed E-state index contributed by atoms with van der Waals surface area (Å²) in [6, 6.07) is 5.49. The van der Waals surface area contributed by atoms with E-state index in [9.17, 15) is 10.2 Å². The molecule has 0 bridgehead atoms. The van der Waals surface area contributed by atoms with Crippen LogP contribution in [0.5, 0.6) is 5.75 Å². The van der Waals surface area contributed by atoms with Crippen molar-refractivity contribution in [2.75, 3.05) is 6.61 Å². The summed E-state index contributed by atoms with van der Waals surface area (Å²) in [6.07, 6.45) is 1.27. The molecular weight excluding hydrogens is 264 g/mol. The predicted molar refractivity (Wildman–Crippen MR) is 77.9 cm³/mol. The third kappa shape index (κ3) is 5.39. The van der Waals surface area contributed by atoms with Crippen LogP contribution >= 0.6 is 11.6 Å². The highest BCUT2D eigenvalue weighted by atomic mass is 35.5. The number of ether oxygens (including phenoxy) is 1. The van der Waals surface area contributed by atoms with E-state index in [1.165, 1.54) is 0 Å². The van der Waals surface area contributed by atoms with Crippen LogP contribution in [0.4, 0.5) is 0 Å². The van der Waals surface area contributed by atoms with Gasteiger partial charge in [-0.15, -0.1) is 0 Å². The number of hydrogen-bond donors (Lipinski definition) is 2. The molecule has 1 rings (SSSR count). The van der Waals surface area contributed by atoms with Crippen molar-refractivity contribution in [3.8, 4) is 5.75 Å². The largest absolute Gasteiger partial charge is 0.494 e. The Morgan fingerprint density at radius 1 is 1.16 bits per heavy atom. The number of rotatable bonds is 8. The average molecular weight is 287 g/mol. The van der Waals surface area contributed by atoms with E-state index in [1.54, 1.807) is 6.07 Å². The van der Waals surface area contributed by atoms with Crippen molar-refractivity contribution in [3.63, 3.8) is 0 Å². The zero-order valence-electron chi connectivity index (χ0n) is 11.6. The first-order valence-electron chi connectivity index (χ1n) is 6.85. The lowest BCUT2D eigenvalue weighted by molar-refractivity contribution is 0.00973. The highest BCUT2D eigenvalue weighted by Crippen LogP contribution is 2.25. The quantitative estimate of drug-likeness (QED) is 0.772. The van der Waals surface area contributed by atoms with Crippen LogP contribution < -0.4 is 4.74 Å². The third-order valence-corrected chi connectivity index (χ3v) is 3.30. The lowest BCUT2D eigenvalue weighted by Crippen LogP contribution is -2.26. The van der Waals surface area contributed by atoms with E-state index >= 15 is 0 Å². The van der Waals surface area contributed by atoms with E-state index in [0.717, 1.165) is 17.7 Å². The Bertz CT molecular complexity index is 382. The zero-order valence-corrected chi connectivity index (χ0v) is 12.4. The normalized spacial score (nSPS) is 14.2. The monoisotopic (exact) mass is 286 g/mol. The van der Waals surface area contributed by atoms with Crippen LogP contribution in [0.15, 0.2) is 18.2 Å². The molecule has 0 aliphatic heterocycles. The molecule has 0 aromatic heterocycles. The van der Waals surface area contributed by atoms with Crippen molar-refractivity contribution >= 4 is 11.6 Å². The van der Waals surface area contributed by atoms with Gasteiger partial charge in [-0.25, -0.2) is 0 Å². The maximum Gasteiger partial charge on any atom is 0.122 e. The van der Waals surface area contributed by atoms with Crippen molar-refractivity contribution < 1.29 is 14.9 Å². The van der Waals surface area contributed by atoms with Crippen molar-refractivity contribution in [1.29, 1.82) is 0 Å². The minimum atomic E-state index is -0.701. The molecule has 19 heavy (non-hydrogen) atoms. The SMILES string of the molecule is CCCC(O)C(O)CCc1cc(Cl)ccc1OCC. The number of halogens is 1. The third-order valence-electron chi connectivity index (χ3n) is 3.06. The average Bonchev–Trinajstić information content (AvgIpc) is 2.39. The Hall–Kier alpha value is -0.770. The van der Waals surface area contributed by atoms with E-state index in [2.05, 4.69) is 0 Å². The molecule has 2 N–H and O–H groups in total. The van der Waals surface area contributed by atoms with Gasteiger partial charge in [0.25, 0.3) is 0 Å². The van der Waals surface area contributed by atoms with Gasteiger partial charge in [-0.2, -0.15) is 0 Å². The summed E-state index contributed by atoms with van der Waals surface area (Å²) in [6.45, 7) is 4.51. The molecule has 1 aromatic rings. The molecule has 1 aromatic carbocycles. The van der Waals surface area contributed by atoms with E-state index in [1.807, 2.05) is 26.0 Å². The number of aliphatic hydroxyl groups excluding tert-OH is 2. The molecule has 0 fully saturated rings. The van der Waals surface area contributed by atoms with Crippen molar-refractivity contribution in [2.45, 2.75) is 51.7 Å². The van der Waals surface area contributed by atoms with Crippen molar-refractivity contribution in [1.82, 2.24) is 0 Å². The Kier molecular flexibility index (Phi) is 7.21. The van der Waals surface area contributed by atoms with Gasteiger partial charge in [-0.1, -0.05) is 24.9 Å². The van der Waals surface area contributed by atoms with Gasteiger partial charge in [0.05, 0.1) is 18.8 Å². The zero-order chi connectivity index (χ0) is 14.3. The molecule has 0 spiro atoms. The Balaban J connectivity index is 2.63. The van der Waals surface area contributed by atoms with Gasteiger partial charge in [0.1, 0.15) is 5.75 Å². The molecule has 0 saturated heterocycles. The molecule has 3 nitrogen and oxygen atoms in total. The lowest BCUT2D eigenvalue weighted by atomic mass is 10.0. The van der Waals surface area contributed by atoms with Gasteiger partial charge in [-0.3, -0.25) is 0 Å². The number of aryl methyl sites for hydroxylation is 1. The second kappa shape index (κ2) is 8.41. The van der Waals surface area contributed by atoms with Gasteiger partial charge in [0, 0.05) is 5.02 Å². The first-order valence-corrected chi connectivity index (χ1v) is 7.23. The van der Waals surface area contributed by atoms with Crippen molar-refractivity contribution in [2.24, 2.45) is 0 Å². The minimum Gasteiger partial charge on any atom is -0.494 e. The first kappa shape index (κ1) is 16.3. The summed E-state index contributed by atoms with van der Waals surface area (Å²) in [5.74, 6) is 0.795. The highest BCUT2D eigenvalue weighted by molar-refractivity contribution is 6.30. The van der Waals surface area contributed by atoms with Crippen LogP contribution in [-0.2, 0) is 6.42 Å². The molecule has 0 aliphatic rings. The van der Waals surface area contributed by atoms with Gasteiger partial charge in [-0.05, 0) is 49.9 Å². The molecular formula is C15H23ClO3. The number of hydrogen-bond acceptors (Lipinski definition) is 3. The molecule has 0 aliphatic carbocycles. The molecule has 0 radical (unpaired) electrons. The smallest absolute Gasteiger partial charge is 0.122 e. The summed E-state index contributed by atoms with van der Waals surface area (Å²) < 4.78 is 5.53. The topological polar surface area (TPSA) is 49.7 Å². The van der Waals surface area contributed by atoms with Crippen LogP contribution in [0, 0.1) is 0 Å². The van der Waals surface area contributed by atoms with Gasteiger partial charge < -0.3 is 14.9 Å². The fraction of sp³-hybridized carbons (Fsp3) is 0.600. The molecule has 108 valence electrons. The molecule has 0 saturated carbocycles. The van der Waals surface area contributed by atoms with Gasteiger partial charge in [0.15, 0.2) is 0 Å². The molecule has 0 amide bonds. The summed E-state index contributed by atoms with van der Waals surface area (Å²) in [7, 11) is 0. The van der Waals surface area contributed by atoms with Crippen LogP contribution in [0.3, 0.4) is 0 Å². The standard InChI is InChI=1S/C15H23ClO3/c1-3-5-13(17)14(18)8-6-11-10-12(16)7-9-15(11)19-4-2/h7,9-10,13-14,17-18H,3-6,8H2,1-2H3. The number of aliphatic hydroxyl groups is 2. The van der Waals surface area contributed by atoms with Gasteiger partial charge in [0.2, 0.25) is 0 Å². The maximum absolute atomic E-state index is 9.88. The van der Waals surface area contributed by atoms with E-state index < -0.39 is 12.2 Å². The summed E-state index contributed by atoms with van der Waals surface area (Å²) in [5.41, 5.74) is 0.970. The minimum absolute atomic E-state index is 0.502. The molecule has 2 atom stereocenters. The summed E-state index contributed by atoms with van der Waals surface area (Å²) >= 11 is 5.98.